The zero-order chi connectivity index (χ0) is 61.5. The highest BCUT2D eigenvalue weighted by Crippen LogP contribution is 2.58. The second-order valence-corrected chi connectivity index (χ2v) is 25.4. The Morgan fingerprint density at radius 3 is 1.38 bits per heavy atom. The van der Waals surface area contributed by atoms with E-state index in [1.807, 2.05) is 18.3 Å². The fourth-order valence-corrected chi connectivity index (χ4v) is 15.8. The van der Waals surface area contributed by atoms with Gasteiger partial charge in [0.1, 0.15) is 5.82 Å². The minimum Gasteiger partial charge on any atom is -0.310 e. The number of hydrogen-bond donors (Lipinski definition) is 0. The van der Waals surface area contributed by atoms with Gasteiger partial charge < -0.3 is 4.90 Å². The van der Waals surface area contributed by atoms with Crippen molar-refractivity contribution >= 4 is 114 Å². The van der Waals surface area contributed by atoms with Gasteiger partial charge in [-0.3, -0.25) is 4.57 Å². The first-order valence-electron chi connectivity index (χ1n) is 32.1. The summed E-state index contributed by atoms with van der Waals surface area (Å²) in [5, 5.41) is 19.6. The van der Waals surface area contributed by atoms with Crippen LogP contribution in [0, 0.1) is 0 Å². The minimum absolute atomic E-state index is 0.489. The van der Waals surface area contributed by atoms with Crippen molar-refractivity contribution in [2.75, 3.05) is 4.90 Å². The van der Waals surface area contributed by atoms with Crippen LogP contribution < -0.4 is 4.90 Å². The quantitative estimate of drug-likeness (QED) is 0.142. The number of fused-ring (bicyclic) bond motifs is 22. The van der Waals surface area contributed by atoms with E-state index in [-0.39, 0.29) is 0 Å². The Labute approximate surface area is 537 Å². The van der Waals surface area contributed by atoms with Gasteiger partial charge in [-0.15, -0.1) is 0 Å². The van der Waals surface area contributed by atoms with E-state index >= 15 is 0 Å². The van der Waals surface area contributed by atoms with E-state index < -0.39 is 5.41 Å². The summed E-state index contributed by atoms with van der Waals surface area (Å²) in [5.41, 5.74) is 16.9. The molecule has 1 aliphatic rings. The molecule has 3 aromatic heterocycles. The van der Waals surface area contributed by atoms with Gasteiger partial charge >= 0.3 is 0 Å². The van der Waals surface area contributed by atoms with E-state index in [2.05, 4.69) is 315 Å². The molecule has 0 saturated carbocycles. The van der Waals surface area contributed by atoms with Gasteiger partial charge in [0, 0.05) is 55.8 Å². The SMILES string of the molecule is CC1(C)c2cc3c4ccccc4c4ccccc4c3cc2-c2c1c1c(c3ccccc23)c2cc(N(c3ccc(-c4ccccc4)cc3)c3cccc4c5ccccc5c5ccccc5c34)ccc2n1-c1cc(-c2nc(-c3ccccc3)cc(-c3ccccc3)n2)ccn1. The third kappa shape index (κ3) is 8.03. The number of aromatic nitrogens is 4. The monoisotopic (exact) mass is 1180 g/mol. The van der Waals surface area contributed by atoms with Gasteiger partial charge in [0.2, 0.25) is 0 Å². The number of nitrogens with zero attached hydrogens (tertiary/aromatic N) is 5. The Balaban J connectivity index is 0.921. The van der Waals surface area contributed by atoms with Gasteiger partial charge in [-0.25, -0.2) is 15.0 Å². The Bertz CT molecular complexity index is 6030. The van der Waals surface area contributed by atoms with Crippen LogP contribution in [0.15, 0.2) is 310 Å². The van der Waals surface area contributed by atoms with Crippen LogP contribution in [0.3, 0.4) is 0 Å². The van der Waals surface area contributed by atoms with E-state index in [0.29, 0.717) is 5.82 Å². The zero-order valence-corrected chi connectivity index (χ0v) is 51.2. The van der Waals surface area contributed by atoms with E-state index in [0.717, 1.165) is 72.9 Å². The van der Waals surface area contributed by atoms with Gasteiger partial charge in [0.25, 0.3) is 0 Å². The summed E-state index contributed by atoms with van der Waals surface area (Å²) in [5.74, 6) is 1.41. The highest BCUT2D eigenvalue weighted by atomic mass is 15.1. The summed E-state index contributed by atoms with van der Waals surface area (Å²) in [6, 6.07) is 111. The lowest BCUT2D eigenvalue weighted by molar-refractivity contribution is 0.665. The van der Waals surface area contributed by atoms with Crippen molar-refractivity contribution in [3.8, 4) is 62.0 Å². The van der Waals surface area contributed by atoms with Crippen LogP contribution in [0.4, 0.5) is 17.1 Å². The molecule has 5 nitrogen and oxygen atoms in total. The molecule has 1 aliphatic carbocycles. The van der Waals surface area contributed by atoms with E-state index in [9.17, 15) is 0 Å². The minimum atomic E-state index is -0.489. The molecule has 0 radical (unpaired) electrons. The second-order valence-electron chi connectivity index (χ2n) is 25.4. The lowest BCUT2D eigenvalue weighted by Crippen LogP contribution is -2.17. The fourth-order valence-electron chi connectivity index (χ4n) is 15.8. The predicted molar refractivity (Wildman–Crippen MR) is 391 cm³/mol. The molecule has 15 aromatic carbocycles. The van der Waals surface area contributed by atoms with Gasteiger partial charge in [-0.2, -0.15) is 0 Å². The zero-order valence-electron chi connectivity index (χ0n) is 51.2. The molecule has 19 rings (SSSR count). The van der Waals surface area contributed by atoms with Crippen molar-refractivity contribution < 1.29 is 0 Å². The van der Waals surface area contributed by atoms with Crippen LogP contribution in [0.1, 0.15) is 25.0 Å². The summed E-state index contributed by atoms with van der Waals surface area (Å²) < 4.78 is 2.47. The molecule has 0 atom stereocenters. The van der Waals surface area contributed by atoms with Crippen LogP contribution in [-0.2, 0) is 5.41 Å². The molecule has 5 heteroatoms. The number of benzene rings is 15. The summed E-state index contributed by atoms with van der Waals surface area (Å²) in [4.78, 5) is 18.7. The number of pyridine rings is 1. The molecular weight excluding hydrogens is 1130 g/mol. The normalized spacial score (nSPS) is 12.7. The topological polar surface area (TPSA) is 46.8 Å². The smallest absolute Gasteiger partial charge is 0.160 e. The van der Waals surface area contributed by atoms with Crippen molar-refractivity contribution in [2.45, 2.75) is 19.3 Å². The number of rotatable bonds is 8. The third-order valence-corrected chi connectivity index (χ3v) is 19.9. The molecular formula is C88H57N5. The van der Waals surface area contributed by atoms with Crippen molar-refractivity contribution in [1.82, 2.24) is 19.5 Å². The first-order valence-corrected chi connectivity index (χ1v) is 32.1. The fraction of sp³-hybridized carbons (Fsp3) is 0.0341. The van der Waals surface area contributed by atoms with Crippen LogP contribution in [0.25, 0.3) is 159 Å². The molecule has 18 aromatic rings. The third-order valence-electron chi connectivity index (χ3n) is 19.9. The van der Waals surface area contributed by atoms with Gasteiger partial charge in [-0.05, 0) is 170 Å². The van der Waals surface area contributed by atoms with Crippen molar-refractivity contribution in [1.29, 1.82) is 0 Å². The molecule has 0 unspecified atom stereocenters. The molecule has 3 heterocycles. The van der Waals surface area contributed by atoms with Crippen LogP contribution >= 0.6 is 0 Å². The van der Waals surface area contributed by atoms with Crippen LogP contribution in [0.2, 0.25) is 0 Å². The Hall–Kier alpha value is -12.1. The maximum Gasteiger partial charge on any atom is 0.160 e. The van der Waals surface area contributed by atoms with Gasteiger partial charge in [-0.1, -0.05) is 250 Å². The van der Waals surface area contributed by atoms with Gasteiger partial charge in [0.05, 0.1) is 28.1 Å². The number of anilines is 3. The van der Waals surface area contributed by atoms with Crippen LogP contribution in [0.5, 0.6) is 0 Å². The largest absolute Gasteiger partial charge is 0.310 e. The molecule has 0 saturated heterocycles. The Kier molecular flexibility index (Phi) is 11.6. The molecule has 0 aliphatic heterocycles. The highest BCUT2D eigenvalue weighted by Gasteiger charge is 2.41. The molecule has 0 bridgehead atoms. The lowest BCUT2D eigenvalue weighted by atomic mass is 9.79. The van der Waals surface area contributed by atoms with Crippen molar-refractivity contribution in [3.05, 3.63) is 321 Å². The maximum absolute atomic E-state index is 5.46. The van der Waals surface area contributed by atoms with Gasteiger partial charge in [0.15, 0.2) is 5.82 Å². The first-order chi connectivity index (χ1) is 45.9. The summed E-state index contributed by atoms with van der Waals surface area (Å²) in [6.45, 7) is 4.89. The predicted octanol–water partition coefficient (Wildman–Crippen LogP) is 23.5. The van der Waals surface area contributed by atoms with Crippen molar-refractivity contribution in [3.63, 3.8) is 0 Å². The average molecular weight is 1180 g/mol. The summed E-state index contributed by atoms with van der Waals surface area (Å²) in [7, 11) is 0. The van der Waals surface area contributed by atoms with Crippen LogP contribution in [-0.4, -0.2) is 19.5 Å². The lowest BCUT2D eigenvalue weighted by Gasteiger charge is -2.28. The first kappa shape index (κ1) is 52.8. The van der Waals surface area contributed by atoms with E-state index in [4.69, 9.17) is 15.0 Å². The van der Waals surface area contributed by atoms with Crippen molar-refractivity contribution in [2.24, 2.45) is 0 Å². The molecule has 0 N–H and O–H groups in total. The molecule has 0 spiro atoms. The maximum atomic E-state index is 5.46. The Morgan fingerprint density at radius 1 is 0.333 bits per heavy atom. The molecule has 0 fully saturated rings. The average Bonchev–Trinajstić information content (AvgIpc) is 1.50. The molecule has 93 heavy (non-hydrogen) atoms. The highest BCUT2D eigenvalue weighted by molar-refractivity contribution is 6.32. The number of hydrogen-bond acceptors (Lipinski definition) is 4. The van der Waals surface area contributed by atoms with E-state index in [1.54, 1.807) is 0 Å². The standard InChI is InChI=1S/C88H57N5/c1-88(2)76-52-73-67-35-17-14-30-62(67)61-29-13-16-34-66(61)72(73)51-74(76)83-70-37-20-21-38-71(70)84-75-50-60(92(59-43-41-55(42-44-59)54-23-6-3-7-24-54)80-40-22-39-69-65-32-15-12-31-63(65)64-33-18-19-36-68(64)82(69)80)45-46-79(75)93(86(84)85(83)88)81-49-58(47-48-89-81)87-90-77(56-25-8-4-9-26-56)53-78(91-87)57-27-10-5-11-28-57/h3-53H,1-2H3. The second kappa shape index (κ2) is 20.5. The Morgan fingerprint density at radius 2 is 0.796 bits per heavy atom. The summed E-state index contributed by atoms with van der Waals surface area (Å²) in [6.07, 6.45) is 1.94. The molecule has 0 amide bonds. The van der Waals surface area contributed by atoms with E-state index in [1.165, 1.54) is 109 Å². The molecule has 434 valence electrons. The summed E-state index contributed by atoms with van der Waals surface area (Å²) >= 11 is 0.